The number of hydrogen-bond acceptors (Lipinski definition) is 4. The summed E-state index contributed by atoms with van der Waals surface area (Å²) in [4.78, 5) is 24.1. The number of urea groups is 1. The summed E-state index contributed by atoms with van der Waals surface area (Å²) < 4.78 is 5.15. The van der Waals surface area contributed by atoms with Crippen LogP contribution in [0.4, 0.5) is 10.5 Å². The highest BCUT2D eigenvalue weighted by Gasteiger charge is 2.19. The van der Waals surface area contributed by atoms with Gasteiger partial charge in [0.1, 0.15) is 11.9 Å². The van der Waals surface area contributed by atoms with Crippen molar-refractivity contribution in [1.82, 2.24) is 5.32 Å². The van der Waals surface area contributed by atoms with Crippen LogP contribution in [0.5, 0.6) is 0 Å². The van der Waals surface area contributed by atoms with Crippen LogP contribution < -0.4 is 10.6 Å². The van der Waals surface area contributed by atoms with Crippen molar-refractivity contribution >= 4 is 17.5 Å². The number of ketones is 1. The Hall–Kier alpha value is -2.60. The monoisotopic (exact) mass is 342 g/mol. The molecule has 1 heterocycles. The summed E-state index contributed by atoms with van der Waals surface area (Å²) in [5.41, 5.74) is 2.33. The van der Waals surface area contributed by atoms with Gasteiger partial charge in [0, 0.05) is 30.1 Å². The summed E-state index contributed by atoms with van der Waals surface area (Å²) in [6.45, 7) is 1.81. The van der Waals surface area contributed by atoms with Gasteiger partial charge in [-0.3, -0.25) is 4.79 Å². The number of furan rings is 1. The Morgan fingerprint density at radius 2 is 2.16 bits per heavy atom. The Morgan fingerprint density at radius 1 is 1.32 bits per heavy atom. The molecule has 1 aliphatic carbocycles. The number of Topliss-reactive ketones (excluding diaryl/α,β-unsaturated/α-hetero) is 1. The first-order chi connectivity index (χ1) is 12.0. The number of carbonyl (C=O) groups is 2. The van der Waals surface area contributed by atoms with E-state index in [0.29, 0.717) is 29.9 Å². The van der Waals surface area contributed by atoms with Crippen LogP contribution >= 0.6 is 0 Å². The summed E-state index contributed by atoms with van der Waals surface area (Å²) in [5, 5.41) is 15.6. The fourth-order valence-electron chi connectivity index (χ4n) is 3.09. The number of aliphatic hydroxyl groups is 1. The molecule has 1 aromatic heterocycles. The van der Waals surface area contributed by atoms with E-state index in [1.54, 1.807) is 24.3 Å². The van der Waals surface area contributed by atoms with Crippen molar-refractivity contribution in [2.45, 2.75) is 44.8 Å². The normalized spacial score (nSPS) is 16.0. The van der Waals surface area contributed by atoms with Gasteiger partial charge in [-0.05, 0) is 49.6 Å². The Labute approximate surface area is 146 Å². The molecule has 0 aliphatic heterocycles. The van der Waals surface area contributed by atoms with Gasteiger partial charge in [0.2, 0.25) is 0 Å². The molecule has 1 aromatic carbocycles. The zero-order chi connectivity index (χ0) is 17.8. The number of carbonyl (C=O) groups excluding carboxylic acids is 2. The van der Waals surface area contributed by atoms with Gasteiger partial charge in [-0.25, -0.2) is 4.79 Å². The van der Waals surface area contributed by atoms with Gasteiger partial charge in [0.05, 0.1) is 6.26 Å². The van der Waals surface area contributed by atoms with Crippen LogP contribution in [-0.4, -0.2) is 23.0 Å². The number of amides is 2. The van der Waals surface area contributed by atoms with E-state index < -0.39 is 6.10 Å². The van der Waals surface area contributed by atoms with Crippen LogP contribution in [-0.2, 0) is 6.42 Å². The molecule has 3 rings (SSSR count). The van der Waals surface area contributed by atoms with Gasteiger partial charge in [0.15, 0.2) is 5.78 Å². The first-order valence-electron chi connectivity index (χ1n) is 8.48. The molecule has 25 heavy (non-hydrogen) atoms. The molecule has 2 atom stereocenters. The zero-order valence-electron chi connectivity index (χ0n) is 14.1. The fourth-order valence-corrected chi connectivity index (χ4v) is 3.09. The van der Waals surface area contributed by atoms with Gasteiger partial charge < -0.3 is 20.2 Å². The molecule has 6 nitrogen and oxygen atoms in total. The molecule has 2 amide bonds. The van der Waals surface area contributed by atoms with Gasteiger partial charge >= 0.3 is 6.03 Å². The average Bonchev–Trinajstić information content (AvgIpc) is 3.10. The third-order valence-electron chi connectivity index (χ3n) is 4.34. The highest BCUT2D eigenvalue weighted by molar-refractivity contribution is 6.00. The Bertz CT molecular complexity index is 755. The summed E-state index contributed by atoms with van der Waals surface area (Å²) >= 11 is 0. The molecule has 0 bridgehead atoms. The lowest BCUT2D eigenvalue weighted by atomic mass is 9.90. The van der Waals surface area contributed by atoms with Crippen LogP contribution in [0.1, 0.15) is 54.0 Å². The smallest absolute Gasteiger partial charge is 0.319 e. The average molecular weight is 342 g/mol. The lowest BCUT2D eigenvalue weighted by molar-refractivity contribution is 0.0972. The van der Waals surface area contributed by atoms with Crippen LogP contribution in [0.15, 0.2) is 41.0 Å². The number of hydrogen-bond donors (Lipinski definition) is 3. The number of fused-ring (bicyclic) bond motifs is 1. The van der Waals surface area contributed by atoms with Gasteiger partial charge in [-0.2, -0.15) is 0 Å². The third kappa shape index (κ3) is 4.28. The molecule has 0 fully saturated rings. The third-order valence-corrected chi connectivity index (χ3v) is 4.34. The second-order valence-corrected chi connectivity index (χ2v) is 6.42. The molecular formula is C19H22N2O4. The first-order valence-corrected chi connectivity index (χ1v) is 8.48. The Balaban J connectivity index is 1.55. The first kappa shape index (κ1) is 17.2. The van der Waals surface area contributed by atoms with Crippen LogP contribution in [0.3, 0.4) is 0 Å². The van der Waals surface area contributed by atoms with E-state index in [1.165, 1.54) is 6.26 Å². The SMILES string of the molecule is CC(CC(O)c1ccco1)NC(=O)Nc1ccc2c(c1)C(=O)CCC2. The molecule has 2 aromatic rings. The van der Waals surface area contributed by atoms with E-state index >= 15 is 0 Å². The van der Waals surface area contributed by atoms with Crippen molar-refractivity contribution in [2.24, 2.45) is 0 Å². The molecule has 0 radical (unpaired) electrons. The molecule has 3 N–H and O–H groups in total. The highest BCUT2D eigenvalue weighted by atomic mass is 16.4. The summed E-state index contributed by atoms with van der Waals surface area (Å²) in [6.07, 6.45) is 3.41. The second kappa shape index (κ2) is 7.53. The maximum Gasteiger partial charge on any atom is 0.319 e. The highest BCUT2D eigenvalue weighted by Crippen LogP contribution is 2.24. The summed E-state index contributed by atoms with van der Waals surface area (Å²) in [7, 11) is 0. The summed E-state index contributed by atoms with van der Waals surface area (Å²) in [5.74, 6) is 0.600. The van der Waals surface area contributed by atoms with E-state index in [9.17, 15) is 14.7 Å². The largest absolute Gasteiger partial charge is 0.467 e. The minimum Gasteiger partial charge on any atom is -0.467 e. The maximum absolute atomic E-state index is 12.1. The van der Waals surface area contributed by atoms with E-state index in [0.717, 1.165) is 18.4 Å². The molecule has 0 saturated carbocycles. The van der Waals surface area contributed by atoms with Crippen molar-refractivity contribution < 1.29 is 19.1 Å². The van der Waals surface area contributed by atoms with Crippen LogP contribution in [0.2, 0.25) is 0 Å². The fraction of sp³-hybridized carbons (Fsp3) is 0.368. The van der Waals surface area contributed by atoms with Crippen molar-refractivity contribution in [3.63, 3.8) is 0 Å². The van der Waals surface area contributed by atoms with Crippen molar-refractivity contribution in [3.05, 3.63) is 53.5 Å². The molecule has 0 saturated heterocycles. The van der Waals surface area contributed by atoms with Crippen molar-refractivity contribution in [1.29, 1.82) is 0 Å². The van der Waals surface area contributed by atoms with E-state index in [-0.39, 0.29) is 17.9 Å². The Kier molecular flexibility index (Phi) is 5.19. The lowest BCUT2D eigenvalue weighted by Gasteiger charge is -2.18. The number of benzene rings is 1. The predicted octanol–water partition coefficient (Wildman–Crippen LogP) is 3.43. The number of aryl methyl sites for hydroxylation is 1. The van der Waals surface area contributed by atoms with Gasteiger partial charge in [0.25, 0.3) is 0 Å². The van der Waals surface area contributed by atoms with Gasteiger partial charge in [-0.1, -0.05) is 6.07 Å². The number of aliphatic hydroxyl groups excluding tert-OH is 1. The number of nitrogens with one attached hydrogen (secondary N) is 2. The standard InChI is InChI=1S/C19H22N2O4/c1-12(10-17(23)18-6-3-9-25-18)20-19(24)21-14-8-7-13-4-2-5-16(22)15(13)11-14/h3,6-9,11-12,17,23H,2,4-5,10H2,1H3,(H2,20,21,24). The molecule has 0 spiro atoms. The Morgan fingerprint density at radius 3 is 2.92 bits per heavy atom. The lowest BCUT2D eigenvalue weighted by Crippen LogP contribution is -2.37. The molecule has 2 unspecified atom stereocenters. The molecule has 1 aliphatic rings. The number of rotatable bonds is 5. The van der Waals surface area contributed by atoms with Crippen molar-refractivity contribution in [2.75, 3.05) is 5.32 Å². The van der Waals surface area contributed by atoms with Crippen LogP contribution in [0.25, 0.3) is 0 Å². The second-order valence-electron chi connectivity index (χ2n) is 6.42. The van der Waals surface area contributed by atoms with Gasteiger partial charge in [-0.15, -0.1) is 0 Å². The summed E-state index contributed by atoms with van der Waals surface area (Å²) in [6, 6.07) is 8.22. The molecule has 132 valence electrons. The van der Waals surface area contributed by atoms with Crippen LogP contribution in [0, 0.1) is 0 Å². The maximum atomic E-state index is 12.1. The quantitative estimate of drug-likeness (QED) is 0.776. The van der Waals surface area contributed by atoms with E-state index in [4.69, 9.17) is 4.42 Å². The topological polar surface area (TPSA) is 91.6 Å². The molecular weight excluding hydrogens is 320 g/mol. The van der Waals surface area contributed by atoms with E-state index in [2.05, 4.69) is 10.6 Å². The predicted molar refractivity (Wildman–Crippen MR) is 93.6 cm³/mol. The molecule has 6 heteroatoms. The minimum atomic E-state index is -0.772. The number of anilines is 1. The van der Waals surface area contributed by atoms with Crippen molar-refractivity contribution in [3.8, 4) is 0 Å². The zero-order valence-corrected chi connectivity index (χ0v) is 14.1. The minimum absolute atomic E-state index is 0.125. The van der Waals surface area contributed by atoms with E-state index in [1.807, 2.05) is 13.0 Å².